The summed E-state index contributed by atoms with van der Waals surface area (Å²) in [6.07, 6.45) is 0. The molecule has 0 fully saturated rings. The third-order valence-corrected chi connectivity index (χ3v) is 2.85. The number of nitrogens with one attached hydrogen (secondary N) is 1. The molecule has 0 unspecified atom stereocenters. The Morgan fingerprint density at radius 3 is 2.87 bits per heavy atom. The molecule has 0 aliphatic heterocycles. The Kier molecular flexibility index (Phi) is 2.58. The fraction of sp³-hybridized carbons (Fsp3) is 0.100. The molecule has 0 saturated carbocycles. The fourth-order valence-corrected chi connectivity index (χ4v) is 1.87. The molecule has 0 aliphatic rings. The number of nitrogens with zero attached hydrogens (tertiary/aromatic N) is 1. The number of aromatic nitrogens is 1. The van der Waals surface area contributed by atoms with Gasteiger partial charge in [-0.15, -0.1) is 0 Å². The maximum absolute atomic E-state index is 13.5. The van der Waals surface area contributed by atoms with Gasteiger partial charge in [0, 0.05) is 9.86 Å². The number of aryl methyl sites for hydroxylation is 1. The van der Waals surface area contributed by atoms with Crippen molar-refractivity contribution in [1.29, 1.82) is 0 Å². The van der Waals surface area contributed by atoms with E-state index in [1.165, 1.54) is 6.07 Å². The lowest BCUT2D eigenvalue weighted by Gasteiger charge is -2.07. The molecule has 3 N–H and O–H groups in total. The lowest BCUT2D eigenvalue weighted by molar-refractivity contribution is 0.639. The Labute approximate surface area is 94.6 Å². The van der Waals surface area contributed by atoms with Crippen LogP contribution in [0.1, 0.15) is 5.56 Å². The molecule has 1 aromatic heterocycles. The number of halogens is 2. The summed E-state index contributed by atoms with van der Waals surface area (Å²) in [5.74, 6) is 5.57. The molecule has 3 nitrogen and oxygen atoms in total. The van der Waals surface area contributed by atoms with Crippen LogP contribution >= 0.6 is 15.9 Å². The van der Waals surface area contributed by atoms with Crippen LogP contribution in [0.3, 0.4) is 0 Å². The number of fused-ring (bicyclic) bond motifs is 1. The molecule has 2 rings (SSSR count). The van der Waals surface area contributed by atoms with E-state index in [-0.39, 0.29) is 5.82 Å². The highest BCUT2D eigenvalue weighted by Crippen LogP contribution is 2.27. The first-order chi connectivity index (χ1) is 7.13. The minimum absolute atomic E-state index is 0.285. The minimum atomic E-state index is -0.285. The highest BCUT2D eigenvalue weighted by atomic mass is 79.9. The second kappa shape index (κ2) is 3.75. The summed E-state index contributed by atoms with van der Waals surface area (Å²) in [7, 11) is 0. The van der Waals surface area contributed by atoms with E-state index in [1.54, 1.807) is 12.1 Å². The van der Waals surface area contributed by atoms with Crippen LogP contribution in [0, 0.1) is 12.7 Å². The van der Waals surface area contributed by atoms with Crippen molar-refractivity contribution in [1.82, 2.24) is 4.98 Å². The summed E-state index contributed by atoms with van der Waals surface area (Å²) >= 11 is 3.32. The maximum atomic E-state index is 13.5. The van der Waals surface area contributed by atoms with E-state index in [0.29, 0.717) is 16.7 Å². The Hall–Kier alpha value is -1.20. The van der Waals surface area contributed by atoms with Crippen LogP contribution < -0.4 is 11.3 Å². The van der Waals surface area contributed by atoms with Gasteiger partial charge in [-0.3, -0.25) is 0 Å². The number of hydrogen-bond donors (Lipinski definition) is 2. The molecular weight excluding hydrogens is 261 g/mol. The molecule has 0 atom stereocenters. The van der Waals surface area contributed by atoms with E-state index < -0.39 is 0 Å². The van der Waals surface area contributed by atoms with Crippen LogP contribution in [0.25, 0.3) is 10.9 Å². The number of rotatable bonds is 1. The number of hydrazine groups is 1. The van der Waals surface area contributed by atoms with E-state index in [4.69, 9.17) is 5.84 Å². The molecule has 0 radical (unpaired) electrons. The standard InChI is InChI=1S/C10H9BrFN3/c1-5-4-6-8(12)3-2-7(11)9(6)14-10(5)15-13/h2-4H,13H2,1H3,(H,14,15). The molecule has 15 heavy (non-hydrogen) atoms. The second-order valence-electron chi connectivity index (χ2n) is 3.22. The Bertz CT molecular complexity index is 528. The minimum Gasteiger partial charge on any atom is -0.308 e. The predicted octanol–water partition coefficient (Wildman–Crippen LogP) is 2.73. The molecule has 0 aliphatic carbocycles. The van der Waals surface area contributed by atoms with E-state index in [0.717, 1.165) is 10.0 Å². The summed E-state index contributed by atoms with van der Waals surface area (Å²) in [6.45, 7) is 1.82. The van der Waals surface area contributed by atoms with Crippen LogP contribution in [0.4, 0.5) is 10.2 Å². The van der Waals surface area contributed by atoms with Crippen LogP contribution in [0.5, 0.6) is 0 Å². The van der Waals surface area contributed by atoms with Gasteiger partial charge in [-0.2, -0.15) is 0 Å². The lowest BCUT2D eigenvalue weighted by Crippen LogP contribution is -2.10. The van der Waals surface area contributed by atoms with Gasteiger partial charge < -0.3 is 5.43 Å². The number of benzene rings is 1. The number of hydrogen-bond acceptors (Lipinski definition) is 3. The van der Waals surface area contributed by atoms with Crippen molar-refractivity contribution in [2.75, 3.05) is 5.43 Å². The molecule has 1 heterocycles. The van der Waals surface area contributed by atoms with Crippen LogP contribution in [0.15, 0.2) is 22.7 Å². The molecule has 0 amide bonds. The van der Waals surface area contributed by atoms with Crippen molar-refractivity contribution in [3.05, 3.63) is 34.1 Å². The zero-order valence-corrected chi connectivity index (χ0v) is 9.60. The molecule has 5 heteroatoms. The van der Waals surface area contributed by atoms with Gasteiger partial charge >= 0.3 is 0 Å². The zero-order valence-electron chi connectivity index (χ0n) is 8.01. The van der Waals surface area contributed by atoms with Gasteiger partial charge in [0.2, 0.25) is 0 Å². The van der Waals surface area contributed by atoms with Gasteiger partial charge in [0.1, 0.15) is 11.6 Å². The van der Waals surface area contributed by atoms with Gasteiger partial charge in [0.05, 0.1) is 5.52 Å². The highest BCUT2D eigenvalue weighted by Gasteiger charge is 2.08. The third-order valence-electron chi connectivity index (χ3n) is 2.21. The Balaban J connectivity index is 2.86. The summed E-state index contributed by atoms with van der Waals surface area (Å²) in [4.78, 5) is 4.23. The maximum Gasteiger partial charge on any atom is 0.143 e. The first-order valence-corrected chi connectivity index (χ1v) is 5.14. The summed E-state index contributed by atoms with van der Waals surface area (Å²) < 4.78 is 14.2. The monoisotopic (exact) mass is 269 g/mol. The van der Waals surface area contributed by atoms with Gasteiger partial charge in [0.15, 0.2) is 0 Å². The summed E-state index contributed by atoms with van der Waals surface area (Å²) in [6, 6.07) is 4.75. The molecule has 1 aromatic carbocycles. The molecule has 78 valence electrons. The largest absolute Gasteiger partial charge is 0.308 e. The van der Waals surface area contributed by atoms with Crippen LogP contribution in [0.2, 0.25) is 0 Å². The van der Waals surface area contributed by atoms with Crippen molar-refractivity contribution in [2.24, 2.45) is 5.84 Å². The average Bonchev–Trinajstić information content (AvgIpc) is 2.23. The molecule has 2 aromatic rings. The summed E-state index contributed by atoms with van der Waals surface area (Å²) in [5.41, 5.74) is 3.85. The number of pyridine rings is 1. The molecular formula is C10H9BrFN3. The molecule has 0 spiro atoms. The van der Waals surface area contributed by atoms with E-state index >= 15 is 0 Å². The number of anilines is 1. The van der Waals surface area contributed by atoms with Crippen LogP contribution in [-0.2, 0) is 0 Å². The van der Waals surface area contributed by atoms with Gasteiger partial charge in [0.25, 0.3) is 0 Å². The number of nitrogens with two attached hydrogens (primary N) is 1. The van der Waals surface area contributed by atoms with Gasteiger partial charge in [-0.1, -0.05) is 0 Å². The van der Waals surface area contributed by atoms with Crippen molar-refractivity contribution in [3.8, 4) is 0 Å². The third kappa shape index (κ3) is 1.68. The average molecular weight is 270 g/mol. The zero-order chi connectivity index (χ0) is 11.0. The van der Waals surface area contributed by atoms with Gasteiger partial charge in [-0.05, 0) is 46.6 Å². The van der Waals surface area contributed by atoms with Gasteiger partial charge in [-0.25, -0.2) is 15.2 Å². The topological polar surface area (TPSA) is 50.9 Å². The fourth-order valence-electron chi connectivity index (χ4n) is 1.44. The number of nitrogen functional groups attached to an aromatic ring is 1. The smallest absolute Gasteiger partial charge is 0.143 e. The van der Waals surface area contributed by atoms with Crippen molar-refractivity contribution in [2.45, 2.75) is 6.92 Å². The van der Waals surface area contributed by atoms with Crippen molar-refractivity contribution >= 4 is 32.7 Å². The van der Waals surface area contributed by atoms with E-state index in [2.05, 4.69) is 26.3 Å². The molecule has 0 saturated heterocycles. The quantitative estimate of drug-likeness (QED) is 0.618. The summed E-state index contributed by atoms with van der Waals surface area (Å²) in [5, 5.41) is 0.487. The molecule has 0 bridgehead atoms. The SMILES string of the molecule is Cc1cc2c(F)ccc(Br)c2nc1NN. The Morgan fingerprint density at radius 2 is 2.20 bits per heavy atom. The van der Waals surface area contributed by atoms with E-state index in [1.807, 2.05) is 6.92 Å². The first-order valence-electron chi connectivity index (χ1n) is 4.35. The van der Waals surface area contributed by atoms with E-state index in [9.17, 15) is 4.39 Å². The van der Waals surface area contributed by atoms with Crippen molar-refractivity contribution in [3.63, 3.8) is 0 Å². The lowest BCUT2D eigenvalue weighted by atomic mass is 10.1. The van der Waals surface area contributed by atoms with Crippen LogP contribution in [-0.4, -0.2) is 4.98 Å². The highest BCUT2D eigenvalue weighted by molar-refractivity contribution is 9.10. The first kappa shape index (κ1) is 10.3. The predicted molar refractivity (Wildman–Crippen MR) is 61.9 cm³/mol. The Morgan fingerprint density at radius 1 is 1.47 bits per heavy atom. The second-order valence-corrected chi connectivity index (χ2v) is 4.08. The normalized spacial score (nSPS) is 10.7. The van der Waals surface area contributed by atoms with Crippen molar-refractivity contribution < 1.29 is 4.39 Å².